The molecule has 1 saturated carbocycles. The number of aromatic nitrogens is 1. The van der Waals surface area contributed by atoms with E-state index in [2.05, 4.69) is 10.7 Å². The van der Waals surface area contributed by atoms with Crippen LogP contribution in [-0.4, -0.2) is 19.6 Å². The summed E-state index contributed by atoms with van der Waals surface area (Å²) in [4.78, 5) is 4.36. The summed E-state index contributed by atoms with van der Waals surface area (Å²) < 4.78 is 70.3. The average molecular weight is 565 g/mol. The zero-order chi connectivity index (χ0) is 28.3. The number of anilines is 1. The van der Waals surface area contributed by atoms with Gasteiger partial charge in [0.2, 0.25) is 0 Å². The Balaban J connectivity index is 1.24. The van der Waals surface area contributed by atoms with Gasteiger partial charge in [0.15, 0.2) is 15.4 Å². The SMILES string of the molecule is Nc1nc2cc(-c3ccc(S(=O)(=O)/C=C4/CCCC(/C=C/C5=CC=C(C(F)(F)F)C=C=C5)CC4)cc3)ccc2o1. The molecule has 0 amide bonds. The first-order chi connectivity index (χ1) is 19.1. The minimum atomic E-state index is -4.41. The number of benzene rings is 2. The number of nitrogens with two attached hydrogens (primary N) is 1. The van der Waals surface area contributed by atoms with Crippen LogP contribution >= 0.6 is 0 Å². The fourth-order valence-corrected chi connectivity index (χ4v) is 6.15. The molecule has 2 N–H and O–H groups in total. The highest BCUT2D eigenvalue weighted by Crippen LogP contribution is 2.32. The summed E-state index contributed by atoms with van der Waals surface area (Å²) in [5.41, 5.74) is 11.9. The van der Waals surface area contributed by atoms with Crippen molar-refractivity contribution in [3.8, 4) is 11.1 Å². The highest BCUT2D eigenvalue weighted by Gasteiger charge is 2.31. The molecule has 9 heteroatoms. The van der Waals surface area contributed by atoms with E-state index in [1.807, 2.05) is 24.3 Å². The maximum atomic E-state index is 13.1. The van der Waals surface area contributed by atoms with Crippen LogP contribution in [0.3, 0.4) is 0 Å². The van der Waals surface area contributed by atoms with Crippen molar-refractivity contribution in [2.75, 3.05) is 5.73 Å². The van der Waals surface area contributed by atoms with Crippen molar-refractivity contribution in [3.63, 3.8) is 0 Å². The van der Waals surface area contributed by atoms with Crippen LogP contribution < -0.4 is 5.73 Å². The number of fused-ring (bicyclic) bond motifs is 1. The van der Waals surface area contributed by atoms with E-state index in [1.165, 1.54) is 17.6 Å². The maximum absolute atomic E-state index is 13.1. The second kappa shape index (κ2) is 11.2. The predicted octanol–water partition coefficient (Wildman–Crippen LogP) is 8.01. The Morgan fingerprint density at radius 2 is 1.77 bits per heavy atom. The summed E-state index contributed by atoms with van der Waals surface area (Å²) in [5, 5.41) is 1.39. The molecule has 1 atom stereocenters. The second-order valence-corrected chi connectivity index (χ2v) is 11.7. The van der Waals surface area contributed by atoms with Gasteiger partial charge in [-0.3, -0.25) is 0 Å². The minimum absolute atomic E-state index is 0.0921. The fourth-order valence-electron chi connectivity index (χ4n) is 4.83. The molecule has 0 aliphatic heterocycles. The lowest BCUT2D eigenvalue weighted by Crippen LogP contribution is -2.09. The van der Waals surface area contributed by atoms with E-state index in [9.17, 15) is 21.6 Å². The van der Waals surface area contributed by atoms with Gasteiger partial charge in [-0.25, -0.2) is 8.42 Å². The number of halogens is 3. The van der Waals surface area contributed by atoms with Crippen LogP contribution in [-0.2, 0) is 9.84 Å². The highest BCUT2D eigenvalue weighted by atomic mass is 32.2. The molecule has 5 rings (SSSR count). The summed E-state index contributed by atoms with van der Waals surface area (Å²) in [6, 6.07) is 12.3. The molecule has 0 radical (unpaired) electrons. The van der Waals surface area contributed by atoms with Crippen LogP contribution in [0.5, 0.6) is 0 Å². The Bertz CT molecular complexity index is 1720. The van der Waals surface area contributed by atoms with Crippen molar-refractivity contribution in [2.24, 2.45) is 5.92 Å². The number of oxazole rings is 1. The Morgan fingerprint density at radius 1 is 1.00 bits per heavy atom. The Kier molecular flexibility index (Phi) is 7.70. The summed E-state index contributed by atoms with van der Waals surface area (Å²) in [6.45, 7) is 0. The van der Waals surface area contributed by atoms with E-state index < -0.39 is 21.6 Å². The first-order valence-corrected chi connectivity index (χ1v) is 14.4. The number of nitrogen functional groups attached to an aromatic ring is 1. The Morgan fingerprint density at radius 3 is 2.55 bits per heavy atom. The van der Waals surface area contributed by atoms with E-state index in [1.54, 1.807) is 30.3 Å². The van der Waals surface area contributed by atoms with Crippen molar-refractivity contribution in [3.05, 3.63) is 107 Å². The summed E-state index contributed by atoms with van der Waals surface area (Å²) >= 11 is 0. The molecule has 2 aliphatic rings. The van der Waals surface area contributed by atoms with Crippen LogP contribution in [0.1, 0.15) is 32.1 Å². The number of allylic oxidation sites excluding steroid dienone is 8. The first kappa shape index (κ1) is 27.5. The quantitative estimate of drug-likeness (QED) is 0.251. The van der Waals surface area contributed by atoms with E-state index in [0.717, 1.165) is 48.1 Å². The van der Waals surface area contributed by atoms with Crippen molar-refractivity contribution in [1.29, 1.82) is 0 Å². The predicted molar refractivity (Wildman–Crippen MR) is 150 cm³/mol. The molecule has 0 bridgehead atoms. The molecule has 3 aromatic rings. The third kappa shape index (κ3) is 6.55. The number of rotatable bonds is 5. The normalized spacial score (nSPS) is 19.6. The average Bonchev–Trinajstić information content (AvgIpc) is 3.05. The fraction of sp³-hybridized carbons (Fsp3) is 0.226. The third-order valence-corrected chi connectivity index (χ3v) is 8.56. The molecule has 1 fully saturated rings. The smallest absolute Gasteiger partial charge is 0.417 e. The van der Waals surface area contributed by atoms with E-state index in [0.29, 0.717) is 29.5 Å². The molecule has 40 heavy (non-hydrogen) atoms. The van der Waals surface area contributed by atoms with E-state index in [4.69, 9.17) is 10.2 Å². The van der Waals surface area contributed by atoms with Crippen molar-refractivity contribution in [2.45, 2.75) is 43.2 Å². The molecule has 206 valence electrons. The van der Waals surface area contributed by atoms with E-state index >= 15 is 0 Å². The molecule has 1 aromatic heterocycles. The lowest BCUT2D eigenvalue weighted by atomic mass is 9.98. The van der Waals surface area contributed by atoms with Crippen LogP contribution in [0.25, 0.3) is 22.2 Å². The summed E-state index contributed by atoms with van der Waals surface area (Å²) in [7, 11) is -3.62. The highest BCUT2D eigenvalue weighted by molar-refractivity contribution is 7.94. The topological polar surface area (TPSA) is 86.2 Å². The maximum Gasteiger partial charge on any atom is 0.417 e. The molecule has 5 nitrogen and oxygen atoms in total. The second-order valence-electron chi connectivity index (χ2n) is 9.87. The molecule has 1 unspecified atom stereocenters. The zero-order valence-corrected chi connectivity index (χ0v) is 22.3. The van der Waals surface area contributed by atoms with Gasteiger partial charge >= 0.3 is 6.18 Å². The van der Waals surface area contributed by atoms with Crippen molar-refractivity contribution in [1.82, 2.24) is 4.98 Å². The van der Waals surface area contributed by atoms with Gasteiger partial charge in [0.05, 0.1) is 10.5 Å². The third-order valence-electron chi connectivity index (χ3n) is 6.98. The van der Waals surface area contributed by atoms with Gasteiger partial charge in [0, 0.05) is 5.41 Å². The first-order valence-electron chi connectivity index (χ1n) is 12.9. The van der Waals surface area contributed by atoms with Gasteiger partial charge in [-0.05, 0) is 97.2 Å². The standard InChI is InChI=1S/C31H27F3N2O3S/c32-31(33,34)26-6-2-4-22(11-15-26)8-7-21-3-1-5-23(10-9-21)20-40(37,38)27-16-12-24(13-17-27)25-14-18-29-28(19-25)36-30(35)39-29/h4,6-8,11-21H,1,3,5,9-10H2,(H2,35,36)/b8-7+,23-20-. The van der Waals surface area contributed by atoms with Crippen molar-refractivity contribution >= 4 is 27.0 Å². The van der Waals surface area contributed by atoms with Gasteiger partial charge < -0.3 is 10.2 Å². The number of sulfone groups is 1. The van der Waals surface area contributed by atoms with Crippen molar-refractivity contribution < 1.29 is 26.0 Å². The minimum Gasteiger partial charge on any atom is -0.424 e. The van der Waals surface area contributed by atoms with Gasteiger partial charge in [0.1, 0.15) is 5.52 Å². The van der Waals surface area contributed by atoms with Gasteiger partial charge in [0.25, 0.3) is 6.01 Å². The van der Waals surface area contributed by atoms with Crippen LogP contribution in [0.4, 0.5) is 19.2 Å². The Labute approximate surface area is 230 Å². The lowest BCUT2D eigenvalue weighted by molar-refractivity contribution is -0.0881. The summed E-state index contributed by atoms with van der Waals surface area (Å²) in [6.07, 6.45) is 8.12. The molecular weight excluding hydrogens is 537 g/mol. The zero-order valence-electron chi connectivity index (χ0n) is 21.5. The number of alkyl halides is 3. The number of nitrogens with zero attached hydrogens (tertiary/aromatic N) is 1. The molecule has 2 aliphatic carbocycles. The monoisotopic (exact) mass is 564 g/mol. The van der Waals surface area contributed by atoms with Crippen LogP contribution in [0.2, 0.25) is 0 Å². The molecule has 0 saturated heterocycles. The van der Waals surface area contributed by atoms with E-state index in [-0.39, 0.29) is 16.8 Å². The molecule has 1 heterocycles. The Hall–Kier alpha value is -4.07. The van der Waals surface area contributed by atoms with Gasteiger partial charge in [-0.2, -0.15) is 18.2 Å². The molecular formula is C31H27F3N2O3S. The molecule has 0 spiro atoms. The van der Waals surface area contributed by atoms with Gasteiger partial charge in [-0.1, -0.05) is 42.0 Å². The van der Waals surface area contributed by atoms with Gasteiger partial charge in [-0.15, -0.1) is 5.73 Å². The molecule has 2 aromatic carbocycles. The lowest BCUT2D eigenvalue weighted by Gasteiger charge is -2.08. The van der Waals surface area contributed by atoms with Crippen LogP contribution in [0.15, 0.2) is 116 Å². The number of hydrogen-bond donors (Lipinski definition) is 1. The van der Waals surface area contributed by atoms with Crippen LogP contribution in [0, 0.1) is 5.92 Å². The number of hydrogen-bond acceptors (Lipinski definition) is 5. The summed E-state index contributed by atoms with van der Waals surface area (Å²) in [5.74, 6) is 0.206. The largest absolute Gasteiger partial charge is 0.424 e.